The molecule has 0 saturated carbocycles. The summed E-state index contributed by atoms with van der Waals surface area (Å²) in [5.41, 5.74) is 5.35. The summed E-state index contributed by atoms with van der Waals surface area (Å²) in [6.07, 6.45) is 5.57. The maximum absolute atomic E-state index is 5.52. The molecule has 0 radical (unpaired) electrons. The third kappa shape index (κ3) is 3.46. The van der Waals surface area contributed by atoms with Crippen molar-refractivity contribution in [2.45, 2.75) is 12.6 Å². The zero-order valence-electron chi connectivity index (χ0n) is 17.2. The highest BCUT2D eigenvalue weighted by Crippen LogP contribution is 2.31. The standard InChI is InChI=1S/C23H25N5O2/c1-26-10-11-27(13-17-9-12-30-16-17)15-21(26)23-20-8-7-18(14-28(20)25-24-23)19-5-3-4-6-22(19)29-2/h3-9,12,14,16,21H,10-11,13,15H2,1-2H3. The van der Waals surface area contributed by atoms with Gasteiger partial charge < -0.3 is 9.15 Å². The van der Waals surface area contributed by atoms with Gasteiger partial charge in [-0.15, -0.1) is 5.10 Å². The Morgan fingerprint density at radius 2 is 2.03 bits per heavy atom. The molecule has 0 amide bonds. The molecule has 4 aromatic rings. The van der Waals surface area contributed by atoms with Gasteiger partial charge in [-0.05, 0) is 25.2 Å². The van der Waals surface area contributed by atoms with E-state index in [-0.39, 0.29) is 6.04 Å². The smallest absolute Gasteiger partial charge is 0.126 e. The van der Waals surface area contributed by atoms with Gasteiger partial charge in [0.25, 0.3) is 0 Å². The normalized spacial score (nSPS) is 18.1. The van der Waals surface area contributed by atoms with Crippen LogP contribution >= 0.6 is 0 Å². The second-order valence-electron chi connectivity index (χ2n) is 7.79. The molecule has 1 saturated heterocycles. The van der Waals surface area contributed by atoms with E-state index >= 15 is 0 Å². The van der Waals surface area contributed by atoms with Gasteiger partial charge in [0.15, 0.2) is 0 Å². The number of ether oxygens (including phenoxy) is 1. The van der Waals surface area contributed by atoms with E-state index in [0.717, 1.165) is 54.3 Å². The highest BCUT2D eigenvalue weighted by Gasteiger charge is 2.29. The van der Waals surface area contributed by atoms with E-state index in [4.69, 9.17) is 9.15 Å². The molecular formula is C23H25N5O2. The van der Waals surface area contributed by atoms with Crippen molar-refractivity contribution in [2.24, 2.45) is 0 Å². The second-order valence-corrected chi connectivity index (χ2v) is 7.79. The molecule has 3 aromatic heterocycles. The van der Waals surface area contributed by atoms with Crippen LogP contribution in [0, 0.1) is 0 Å². The number of methoxy groups -OCH3 is 1. The number of likely N-dealkylation sites (N-methyl/N-ethyl adjacent to an activating group) is 1. The summed E-state index contributed by atoms with van der Waals surface area (Å²) >= 11 is 0. The first-order valence-electron chi connectivity index (χ1n) is 10.1. The van der Waals surface area contributed by atoms with Crippen LogP contribution in [0.2, 0.25) is 0 Å². The van der Waals surface area contributed by atoms with Crippen molar-refractivity contribution in [3.63, 3.8) is 0 Å². The number of rotatable bonds is 5. The Balaban J connectivity index is 1.44. The second kappa shape index (κ2) is 7.93. The van der Waals surface area contributed by atoms with Crippen molar-refractivity contribution >= 4 is 5.52 Å². The van der Waals surface area contributed by atoms with E-state index < -0.39 is 0 Å². The molecule has 1 fully saturated rings. The number of para-hydroxylation sites is 1. The zero-order valence-corrected chi connectivity index (χ0v) is 17.2. The van der Waals surface area contributed by atoms with Gasteiger partial charge >= 0.3 is 0 Å². The fraction of sp³-hybridized carbons (Fsp3) is 0.304. The topological polar surface area (TPSA) is 59.0 Å². The van der Waals surface area contributed by atoms with Gasteiger partial charge in [0, 0.05) is 49.1 Å². The van der Waals surface area contributed by atoms with Crippen molar-refractivity contribution in [1.29, 1.82) is 0 Å². The van der Waals surface area contributed by atoms with E-state index in [0.29, 0.717) is 0 Å². The number of fused-ring (bicyclic) bond motifs is 1. The van der Waals surface area contributed by atoms with Gasteiger partial charge in [-0.25, -0.2) is 4.52 Å². The highest BCUT2D eigenvalue weighted by atomic mass is 16.5. The lowest BCUT2D eigenvalue weighted by Crippen LogP contribution is -2.46. The third-order valence-electron chi connectivity index (χ3n) is 5.89. The van der Waals surface area contributed by atoms with Crippen LogP contribution in [0.25, 0.3) is 16.6 Å². The van der Waals surface area contributed by atoms with Crippen molar-refractivity contribution in [2.75, 3.05) is 33.8 Å². The van der Waals surface area contributed by atoms with Crippen molar-refractivity contribution in [3.8, 4) is 16.9 Å². The Morgan fingerprint density at radius 1 is 1.13 bits per heavy atom. The Morgan fingerprint density at radius 3 is 2.87 bits per heavy atom. The van der Waals surface area contributed by atoms with Crippen molar-refractivity contribution in [3.05, 3.63) is 72.4 Å². The number of benzene rings is 1. The minimum Gasteiger partial charge on any atom is -0.496 e. The van der Waals surface area contributed by atoms with Gasteiger partial charge in [-0.2, -0.15) is 0 Å². The van der Waals surface area contributed by atoms with Crippen LogP contribution in [-0.2, 0) is 6.54 Å². The summed E-state index contributed by atoms with van der Waals surface area (Å²) in [5.74, 6) is 0.846. The Hall–Kier alpha value is -3.16. The third-order valence-corrected chi connectivity index (χ3v) is 5.89. The Kier molecular flexibility index (Phi) is 4.98. The number of piperazine rings is 1. The SMILES string of the molecule is COc1ccccc1-c1ccc2c(C3CN(Cc4ccoc4)CCN3C)nnn2c1. The predicted octanol–water partition coefficient (Wildman–Crippen LogP) is 3.49. The number of hydrogen-bond acceptors (Lipinski definition) is 6. The maximum Gasteiger partial charge on any atom is 0.126 e. The van der Waals surface area contributed by atoms with Gasteiger partial charge in [0.1, 0.15) is 11.4 Å². The lowest BCUT2D eigenvalue weighted by atomic mass is 10.0. The summed E-state index contributed by atoms with van der Waals surface area (Å²) in [7, 11) is 3.85. The van der Waals surface area contributed by atoms with Crippen molar-refractivity contribution in [1.82, 2.24) is 24.6 Å². The molecule has 0 N–H and O–H groups in total. The fourth-order valence-corrected chi connectivity index (χ4v) is 4.20. The predicted molar refractivity (Wildman–Crippen MR) is 114 cm³/mol. The molecule has 154 valence electrons. The van der Waals surface area contributed by atoms with E-state index in [1.165, 1.54) is 5.56 Å². The molecule has 0 bridgehead atoms. The largest absolute Gasteiger partial charge is 0.496 e. The van der Waals surface area contributed by atoms with Gasteiger partial charge in [0.2, 0.25) is 0 Å². The minimum atomic E-state index is 0.195. The monoisotopic (exact) mass is 403 g/mol. The zero-order chi connectivity index (χ0) is 20.5. The highest BCUT2D eigenvalue weighted by molar-refractivity contribution is 5.71. The van der Waals surface area contributed by atoms with Gasteiger partial charge in [0.05, 0.1) is 31.2 Å². The molecule has 4 heterocycles. The molecule has 1 atom stereocenters. The number of furan rings is 1. The first kappa shape index (κ1) is 18.8. The summed E-state index contributed by atoms with van der Waals surface area (Å²) in [6.45, 7) is 3.80. The number of hydrogen-bond donors (Lipinski definition) is 0. The van der Waals surface area contributed by atoms with Crippen molar-refractivity contribution < 1.29 is 9.15 Å². The van der Waals surface area contributed by atoms with Crippen LogP contribution in [0.15, 0.2) is 65.6 Å². The summed E-state index contributed by atoms with van der Waals surface area (Å²) in [4.78, 5) is 4.81. The van der Waals surface area contributed by atoms with E-state index in [1.807, 2.05) is 41.2 Å². The van der Waals surface area contributed by atoms with Crippen LogP contribution < -0.4 is 4.74 Å². The van der Waals surface area contributed by atoms with Crippen LogP contribution in [0.3, 0.4) is 0 Å². The first-order valence-corrected chi connectivity index (χ1v) is 10.1. The molecule has 7 heteroatoms. The van der Waals surface area contributed by atoms with Crippen LogP contribution in [0.4, 0.5) is 0 Å². The summed E-state index contributed by atoms with van der Waals surface area (Å²) in [6, 6.07) is 14.5. The Bertz CT molecular complexity index is 1140. The molecule has 7 nitrogen and oxygen atoms in total. The molecule has 0 spiro atoms. The molecule has 1 unspecified atom stereocenters. The summed E-state index contributed by atoms with van der Waals surface area (Å²) < 4.78 is 12.6. The van der Waals surface area contributed by atoms with Crippen LogP contribution in [0.1, 0.15) is 17.3 Å². The quantitative estimate of drug-likeness (QED) is 0.508. The lowest BCUT2D eigenvalue weighted by molar-refractivity contribution is 0.0888. The average molecular weight is 403 g/mol. The van der Waals surface area contributed by atoms with E-state index in [2.05, 4.69) is 45.4 Å². The molecule has 0 aliphatic carbocycles. The number of nitrogens with zero attached hydrogens (tertiary/aromatic N) is 5. The number of pyridine rings is 1. The molecule has 1 aliphatic rings. The molecule has 5 rings (SSSR count). The fourth-order valence-electron chi connectivity index (χ4n) is 4.20. The number of aromatic nitrogens is 3. The molecular weight excluding hydrogens is 378 g/mol. The molecule has 1 aromatic carbocycles. The minimum absolute atomic E-state index is 0.195. The maximum atomic E-state index is 5.52. The summed E-state index contributed by atoms with van der Waals surface area (Å²) in [5, 5.41) is 9.01. The van der Waals surface area contributed by atoms with Gasteiger partial charge in [-0.1, -0.05) is 29.5 Å². The van der Waals surface area contributed by atoms with E-state index in [1.54, 1.807) is 13.4 Å². The van der Waals surface area contributed by atoms with Gasteiger partial charge in [-0.3, -0.25) is 9.80 Å². The lowest BCUT2D eigenvalue weighted by Gasteiger charge is -2.38. The van der Waals surface area contributed by atoms with Crippen LogP contribution in [0.5, 0.6) is 5.75 Å². The first-order chi connectivity index (χ1) is 14.7. The van der Waals surface area contributed by atoms with Crippen LogP contribution in [-0.4, -0.2) is 58.4 Å². The Labute approximate surface area is 175 Å². The molecule has 1 aliphatic heterocycles. The molecule has 30 heavy (non-hydrogen) atoms. The van der Waals surface area contributed by atoms with E-state index in [9.17, 15) is 0 Å². The average Bonchev–Trinajstić information content (AvgIpc) is 3.44.